The van der Waals surface area contributed by atoms with E-state index in [0.717, 1.165) is 12.1 Å². The number of rotatable bonds is 5. The highest BCUT2D eigenvalue weighted by molar-refractivity contribution is 7.80. The van der Waals surface area contributed by atoms with Crippen molar-refractivity contribution in [2.75, 3.05) is 11.4 Å². The van der Waals surface area contributed by atoms with Crippen molar-refractivity contribution in [3.63, 3.8) is 0 Å². The molecule has 0 saturated heterocycles. The van der Waals surface area contributed by atoms with Crippen LogP contribution in [0.1, 0.15) is 38.8 Å². The summed E-state index contributed by atoms with van der Waals surface area (Å²) in [4.78, 5) is 2.90. The van der Waals surface area contributed by atoms with Crippen LogP contribution in [0.15, 0.2) is 18.2 Å². The van der Waals surface area contributed by atoms with Gasteiger partial charge in [-0.1, -0.05) is 26.1 Å². The number of nitrogens with two attached hydrogens (primary N) is 1. The Labute approximate surface area is 116 Å². The average molecular weight is 264 g/mol. The molecule has 0 radical (unpaired) electrons. The van der Waals surface area contributed by atoms with Crippen molar-refractivity contribution < 1.29 is 0 Å². The molecule has 0 unspecified atom stereocenters. The summed E-state index contributed by atoms with van der Waals surface area (Å²) in [5.74, 6) is 0.641. The first-order valence-corrected chi connectivity index (χ1v) is 6.90. The van der Waals surface area contributed by atoms with Crippen LogP contribution in [0.2, 0.25) is 0 Å². The lowest BCUT2D eigenvalue weighted by Gasteiger charge is -2.32. The van der Waals surface area contributed by atoms with E-state index in [1.54, 1.807) is 0 Å². The Morgan fingerprint density at radius 2 is 1.89 bits per heavy atom. The second kappa shape index (κ2) is 6.19. The van der Waals surface area contributed by atoms with Gasteiger partial charge in [-0.15, -0.1) is 0 Å². The van der Waals surface area contributed by atoms with Crippen LogP contribution in [0.5, 0.6) is 0 Å². The normalized spacial score (nSPS) is 11.1. The van der Waals surface area contributed by atoms with Crippen LogP contribution in [0, 0.1) is 12.8 Å². The largest absolute Gasteiger partial charge is 0.389 e. The molecule has 0 aliphatic heterocycles. The molecule has 0 aliphatic carbocycles. The highest BCUT2D eigenvalue weighted by Crippen LogP contribution is 2.24. The van der Waals surface area contributed by atoms with E-state index in [9.17, 15) is 0 Å². The third-order valence-corrected chi connectivity index (χ3v) is 3.21. The minimum Gasteiger partial charge on any atom is -0.389 e. The second-order valence-corrected chi connectivity index (χ2v) is 5.95. The molecule has 0 saturated carbocycles. The molecule has 0 atom stereocenters. The Hall–Kier alpha value is -1.09. The third-order valence-electron chi connectivity index (χ3n) is 2.98. The highest BCUT2D eigenvalue weighted by Gasteiger charge is 2.14. The number of hydrogen-bond acceptors (Lipinski definition) is 2. The number of benzene rings is 1. The van der Waals surface area contributed by atoms with Gasteiger partial charge in [0.2, 0.25) is 0 Å². The van der Waals surface area contributed by atoms with Crippen molar-refractivity contribution in [3.05, 3.63) is 29.3 Å². The number of thiocarbonyl (C=S) groups is 1. The quantitative estimate of drug-likeness (QED) is 0.825. The van der Waals surface area contributed by atoms with Gasteiger partial charge in [0.1, 0.15) is 4.99 Å². The number of hydrogen-bond donors (Lipinski definition) is 1. The lowest BCUT2D eigenvalue weighted by molar-refractivity contribution is 0.570. The van der Waals surface area contributed by atoms with E-state index in [1.165, 1.54) is 11.3 Å². The van der Waals surface area contributed by atoms with Gasteiger partial charge >= 0.3 is 0 Å². The summed E-state index contributed by atoms with van der Waals surface area (Å²) in [5.41, 5.74) is 9.12. The van der Waals surface area contributed by atoms with Gasteiger partial charge in [-0.05, 0) is 50.5 Å². The van der Waals surface area contributed by atoms with Crippen molar-refractivity contribution in [1.82, 2.24) is 0 Å². The van der Waals surface area contributed by atoms with Crippen molar-refractivity contribution in [2.45, 2.75) is 40.7 Å². The molecule has 100 valence electrons. The molecule has 18 heavy (non-hydrogen) atoms. The summed E-state index contributed by atoms with van der Waals surface area (Å²) in [6, 6.07) is 6.71. The third kappa shape index (κ3) is 3.70. The van der Waals surface area contributed by atoms with Crippen LogP contribution in [-0.2, 0) is 0 Å². The molecule has 3 heteroatoms. The molecule has 0 spiro atoms. The first-order chi connectivity index (χ1) is 8.32. The van der Waals surface area contributed by atoms with E-state index in [-0.39, 0.29) is 0 Å². The fourth-order valence-electron chi connectivity index (χ4n) is 2.11. The maximum atomic E-state index is 5.67. The smallest absolute Gasteiger partial charge is 0.103 e. The Morgan fingerprint density at radius 1 is 1.28 bits per heavy atom. The van der Waals surface area contributed by atoms with Gasteiger partial charge in [0.25, 0.3) is 0 Å². The Morgan fingerprint density at radius 3 is 2.28 bits per heavy atom. The lowest BCUT2D eigenvalue weighted by atomic mass is 10.1. The Balaban J connectivity index is 3.09. The van der Waals surface area contributed by atoms with Crippen LogP contribution in [-0.4, -0.2) is 17.6 Å². The van der Waals surface area contributed by atoms with E-state index in [2.05, 4.69) is 51.7 Å². The molecular weight excluding hydrogens is 240 g/mol. The van der Waals surface area contributed by atoms with Crippen molar-refractivity contribution in [3.8, 4) is 0 Å². The summed E-state index contributed by atoms with van der Waals surface area (Å²) in [6.07, 6.45) is 0. The molecule has 1 aromatic rings. The minimum absolute atomic E-state index is 0.463. The van der Waals surface area contributed by atoms with Crippen LogP contribution in [0.4, 0.5) is 5.69 Å². The van der Waals surface area contributed by atoms with Gasteiger partial charge in [-0.25, -0.2) is 0 Å². The second-order valence-electron chi connectivity index (χ2n) is 5.51. The van der Waals surface area contributed by atoms with Gasteiger partial charge in [-0.3, -0.25) is 0 Å². The topological polar surface area (TPSA) is 29.3 Å². The molecule has 0 amide bonds. The van der Waals surface area contributed by atoms with Crippen molar-refractivity contribution >= 4 is 22.9 Å². The predicted octanol–water partition coefficient (Wildman–Crippen LogP) is 3.50. The van der Waals surface area contributed by atoms with Crippen molar-refractivity contribution in [2.24, 2.45) is 11.7 Å². The molecule has 2 nitrogen and oxygen atoms in total. The zero-order valence-corrected chi connectivity index (χ0v) is 12.8. The van der Waals surface area contributed by atoms with Crippen molar-refractivity contribution in [1.29, 1.82) is 0 Å². The fraction of sp³-hybridized carbons (Fsp3) is 0.533. The van der Waals surface area contributed by atoms with Gasteiger partial charge in [-0.2, -0.15) is 0 Å². The summed E-state index contributed by atoms with van der Waals surface area (Å²) in [6.45, 7) is 12.1. The van der Waals surface area contributed by atoms with Gasteiger partial charge < -0.3 is 10.6 Å². The average Bonchev–Trinajstić information content (AvgIpc) is 2.25. The van der Waals surface area contributed by atoms with Gasteiger partial charge in [0.15, 0.2) is 0 Å². The molecule has 0 aromatic heterocycles. The molecule has 0 fully saturated rings. The molecule has 1 rings (SSSR count). The molecule has 2 N–H and O–H groups in total. The first kappa shape index (κ1) is 15.0. The zero-order valence-electron chi connectivity index (χ0n) is 12.0. The molecule has 0 heterocycles. The van der Waals surface area contributed by atoms with E-state index in [0.29, 0.717) is 16.9 Å². The number of nitrogens with zero attached hydrogens (tertiary/aromatic N) is 1. The standard InChI is InChI=1S/C15H24N2S/c1-10(2)9-17(11(3)4)14-7-6-13(15(16)18)8-12(14)5/h6-8,10-11H,9H2,1-5H3,(H2,16,18). The fourth-order valence-corrected chi connectivity index (χ4v) is 2.24. The summed E-state index contributed by atoms with van der Waals surface area (Å²) in [5, 5.41) is 0. The van der Waals surface area contributed by atoms with Crippen LogP contribution in [0.25, 0.3) is 0 Å². The predicted molar refractivity (Wildman–Crippen MR) is 84.4 cm³/mol. The number of aryl methyl sites for hydroxylation is 1. The van der Waals surface area contributed by atoms with Gasteiger partial charge in [0, 0.05) is 23.8 Å². The van der Waals surface area contributed by atoms with Crippen LogP contribution < -0.4 is 10.6 Å². The lowest BCUT2D eigenvalue weighted by Crippen LogP contribution is -2.34. The zero-order chi connectivity index (χ0) is 13.9. The molecular formula is C15H24N2S. The van der Waals surface area contributed by atoms with E-state index in [1.807, 2.05) is 6.07 Å². The Kier molecular flexibility index (Phi) is 5.15. The van der Waals surface area contributed by atoms with E-state index >= 15 is 0 Å². The van der Waals surface area contributed by atoms with Crippen LogP contribution >= 0.6 is 12.2 Å². The van der Waals surface area contributed by atoms with Gasteiger partial charge in [0.05, 0.1) is 0 Å². The molecule has 0 aliphatic rings. The van der Waals surface area contributed by atoms with Crippen LogP contribution in [0.3, 0.4) is 0 Å². The molecule has 0 bridgehead atoms. The maximum absolute atomic E-state index is 5.67. The monoisotopic (exact) mass is 264 g/mol. The minimum atomic E-state index is 0.463. The highest BCUT2D eigenvalue weighted by atomic mass is 32.1. The maximum Gasteiger partial charge on any atom is 0.103 e. The van der Waals surface area contributed by atoms with E-state index in [4.69, 9.17) is 18.0 Å². The summed E-state index contributed by atoms with van der Waals surface area (Å²) >= 11 is 5.02. The first-order valence-electron chi connectivity index (χ1n) is 6.50. The SMILES string of the molecule is Cc1cc(C(N)=S)ccc1N(CC(C)C)C(C)C. The number of anilines is 1. The van der Waals surface area contributed by atoms with E-state index < -0.39 is 0 Å². The molecule has 1 aromatic carbocycles. The Bertz CT molecular complexity index is 425. The summed E-state index contributed by atoms with van der Waals surface area (Å²) in [7, 11) is 0. The summed E-state index contributed by atoms with van der Waals surface area (Å²) < 4.78 is 0.